The van der Waals surface area contributed by atoms with Gasteiger partial charge in [-0.2, -0.15) is 0 Å². The van der Waals surface area contributed by atoms with Crippen LogP contribution >= 0.6 is 0 Å². The zero-order valence-electron chi connectivity index (χ0n) is 26.4. The quantitative estimate of drug-likeness (QED) is 0.320. The van der Waals surface area contributed by atoms with Gasteiger partial charge in [0.25, 0.3) is 5.97 Å². The Morgan fingerprint density at radius 1 is 1.14 bits per heavy atom. The molecule has 0 spiro atoms. The van der Waals surface area contributed by atoms with Crippen molar-refractivity contribution in [2.45, 2.75) is 84.6 Å². The lowest BCUT2D eigenvalue weighted by Gasteiger charge is -2.28. The molecule has 1 saturated heterocycles. The molecule has 2 unspecified atom stereocenters. The molecule has 0 radical (unpaired) electrons. The molecule has 3 N–H and O–H groups in total. The van der Waals surface area contributed by atoms with Gasteiger partial charge in [0.05, 0.1) is 20.3 Å². The normalized spacial score (nSPS) is 17.2. The minimum absolute atomic E-state index is 0.214. The highest BCUT2D eigenvalue weighted by Gasteiger charge is 2.35. The smallest absolute Gasteiger partial charge is 0.300 e. The van der Waals surface area contributed by atoms with E-state index in [1.807, 2.05) is 30.9 Å². The molecule has 234 valence electrons. The van der Waals surface area contributed by atoms with Crippen LogP contribution in [0.4, 0.5) is 0 Å². The Morgan fingerprint density at radius 2 is 1.88 bits per heavy atom. The average Bonchev–Trinajstić information content (AvgIpc) is 3.63. The van der Waals surface area contributed by atoms with Gasteiger partial charge in [0.15, 0.2) is 0 Å². The van der Waals surface area contributed by atoms with Crippen LogP contribution in [-0.4, -0.2) is 79.3 Å². The molecule has 0 saturated carbocycles. The van der Waals surface area contributed by atoms with Crippen molar-refractivity contribution >= 4 is 11.9 Å². The lowest BCUT2D eigenvalue weighted by Crippen LogP contribution is -2.44. The molecular weight excluding hydrogens is 530 g/mol. The largest absolute Gasteiger partial charge is 0.496 e. The Balaban J connectivity index is 0.000000947. The van der Waals surface area contributed by atoms with E-state index < -0.39 is 5.97 Å². The Kier molecular flexibility index (Phi) is 16.0. The third-order valence-electron chi connectivity index (χ3n) is 7.76. The predicted octanol–water partition coefficient (Wildman–Crippen LogP) is 5.52. The summed E-state index contributed by atoms with van der Waals surface area (Å²) < 4.78 is 11.3. The Bertz CT molecular complexity index is 1090. The molecule has 2 atom stereocenters. The van der Waals surface area contributed by atoms with Gasteiger partial charge in [-0.1, -0.05) is 57.5 Å². The topological polar surface area (TPSA) is 105 Å². The monoisotopic (exact) mass is 583 g/mol. The van der Waals surface area contributed by atoms with Crippen molar-refractivity contribution in [2.24, 2.45) is 5.73 Å². The number of benzene rings is 2. The fourth-order valence-corrected chi connectivity index (χ4v) is 5.76. The van der Waals surface area contributed by atoms with Gasteiger partial charge in [0.2, 0.25) is 5.91 Å². The first-order chi connectivity index (χ1) is 20.4. The van der Waals surface area contributed by atoms with Gasteiger partial charge in [0.1, 0.15) is 11.5 Å². The number of likely N-dealkylation sites (tertiary alicyclic amines) is 1. The number of ether oxygens (including phenoxy) is 2. The second-order valence-electron chi connectivity index (χ2n) is 10.7. The minimum Gasteiger partial charge on any atom is -0.496 e. The van der Waals surface area contributed by atoms with E-state index in [4.69, 9.17) is 25.1 Å². The molecule has 0 aromatic heterocycles. The van der Waals surface area contributed by atoms with E-state index in [1.54, 1.807) is 7.11 Å². The predicted molar refractivity (Wildman–Crippen MR) is 169 cm³/mol. The summed E-state index contributed by atoms with van der Waals surface area (Å²) in [5.74, 6) is 1.82. The van der Waals surface area contributed by atoms with E-state index in [2.05, 4.69) is 42.2 Å². The average molecular weight is 584 g/mol. The number of carboxylic acids is 1. The molecule has 2 aliphatic rings. The van der Waals surface area contributed by atoms with Crippen molar-refractivity contribution < 1.29 is 24.2 Å². The van der Waals surface area contributed by atoms with Crippen molar-refractivity contribution in [1.29, 1.82) is 0 Å². The van der Waals surface area contributed by atoms with Gasteiger partial charge < -0.3 is 25.2 Å². The van der Waals surface area contributed by atoms with Gasteiger partial charge in [-0.3, -0.25) is 14.5 Å². The number of rotatable bonds is 13. The molecule has 2 aliphatic heterocycles. The molecule has 2 aromatic rings. The van der Waals surface area contributed by atoms with Gasteiger partial charge >= 0.3 is 0 Å². The summed E-state index contributed by atoms with van der Waals surface area (Å²) in [6.45, 7) is 11.4. The summed E-state index contributed by atoms with van der Waals surface area (Å²) in [5.41, 5.74) is 9.79. The maximum absolute atomic E-state index is 13.3. The summed E-state index contributed by atoms with van der Waals surface area (Å²) in [6.07, 6.45) is 7.31. The summed E-state index contributed by atoms with van der Waals surface area (Å²) >= 11 is 0. The molecule has 1 fully saturated rings. The summed E-state index contributed by atoms with van der Waals surface area (Å²) in [7, 11) is 1.74. The zero-order valence-corrected chi connectivity index (χ0v) is 26.4. The van der Waals surface area contributed by atoms with Crippen LogP contribution < -0.4 is 15.2 Å². The molecule has 8 heteroatoms. The Hall–Kier alpha value is -3.10. The lowest BCUT2D eigenvalue weighted by atomic mass is 9.92. The maximum Gasteiger partial charge on any atom is 0.300 e. The van der Waals surface area contributed by atoms with Crippen LogP contribution in [0.25, 0.3) is 0 Å². The fraction of sp³-hybridized carbons (Fsp3) is 0.588. The zero-order chi connectivity index (χ0) is 30.9. The van der Waals surface area contributed by atoms with E-state index in [9.17, 15) is 4.79 Å². The van der Waals surface area contributed by atoms with E-state index in [0.29, 0.717) is 31.6 Å². The van der Waals surface area contributed by atoms with E-state index in [-0.39, 0.29) is 5.91 Å². The van der Waals surface area contributed by atoms with Crippen LogP contribution in [0.1, 0.15) is 82.4 Å². The number of nitrogens with zero attached hydrogens (tertiary/aromatic N) is 2. The summed E-state index contributed by atoms with van der Waals surface area (Å²) in [4.78, 5) is 26.7. The number of fused-ring (bicyclic) bond motifs is 1. The highest BCUT2D eigenvalue weighted by Crippen LogP contribution is 2.37. The number of hydrogen-bond donors (Lipinski definition) is 2. The van der Waals surface area contributed by atoms with Crippen LogP contribution in [-0.2, 0) is 22.4 Å². The van der Waals surface area contributed by atoms with E-state index in [0.717, 1.165) is 83.1 Å². The minimum atomic E-state index is -0.833. The number of unbranched alkanes of at least 4 members (excludes halogenated alkanes) is 1. The number of carboxylic acid groups (broad SMARTS) is 1. The fourth-order valence-electron chi connectivity index (χ4n) is 5.76. The maximum atomic E-state index is 13.3. The molecule has 42 heavy (non-hydrogen) atoms. The van der Waals surface area contributed by atoms with Crippen LogP contribution in [0.2, 0.25) is 0 Å². The van der Waals surface area contributed by atoms with Gasteiger partial charge in [-0.05, 0) is 66.8 Å². The standard InChI is InChI=1S/C30H43N3O3.C2H4O2.C2H6/c1-3-4-16-32(17-15-31)30(34)22-33-21-26(24-12-13-29-25(19-24)14-18-36-29)20-27(33)10-7-9-23-8-5-6-11-28(23)35-2;1-2(3)4;1-2/h5-6,8,11-13,19,26-27H,3-4,7,9-10,14-18,20-22,31H2,1-2H3;1H3,(H,3,4);1-2H3. The number of aryl methyl sites for hydroxylation is 1. The van der Waals surface area contributed by atoms with Gasteiger partial charge in [-0.25, -0.2) is 0 Å². The summed E-state index contributed by atoms with van der Waals surface area (Å²) in [5, 5.41) is 7.42. The highest BCUT2D eigenvalue weighted by molar-refractivity contribution is 5.78. The molecule has 1 amide bonds. The third kappa shape index (κ3) is 11.0. The number of methoxy groups -OCH3 is 1. The first kappa shape index (κ1) is 35.1. The summed E-state index contributed by atoms with van der Waals surface area (Å²) in [6, 6.07) is 15.4. The first-order valence-corrected chi connectivity index (χ1v) is 15.6. The van der Waals surface area contributed by atoms with E-state index >= 15 is 0 Å². The van der Waals surface area contributed by atoms with Gasteiger partial charge in [-0.15, -0.1) is 0 Å². The number of carbonyl (C=O) groups is 2. The molecule has 2 heterocycles. The molecule has 4 rings (SSSR count). The van der Waals surface area contributed by atoms with Crippen molar-refractivity contribution in [3.63, 3.8) is 0 Å². The first-order valence-electron chi connectivity index (χ1n) is 15.6. The van der Waals surface area contributed by atoms with Crippen molar-refractivity contribution in [1.82, 2.24) is 9.80 Å². The Morgan fingerprint density at radius 3 is 2.57 bits per heavy atom. The van der Waals surface area contributed by atoms with E-state index in [1.165, 1.54) is 16.7 Å². The second kappa shape index (κ2) is 19.2. The van der Waals surface area contributed by atoms with Gasteiger partial charge in [0, 0.05) is 45.6 Å². The van der Waals surface area contributed by atoms with Crippen molar-refractivity contribution in [3.05, 3.63) is 59.2 Å². The molecule has 0 aliphatic carbocycles. The molecule has 8 nitrogen and oxygen atoms in total. The van der Waals surface area contributed by atoms with Crippen molar-refractivity contribution in [3.8, 4) is 11.5 Å². The van der Waals surface area contributed by atoms with Crippen LogP contribution in [0.3, 0.4) is 0 Å². The number of amides is 1. The number of aliphatic carboxylic acids is 1. The molecule has 2 aromatic carbocycles. The van der Waals surface area contributed by atoms with Crippen LogP contribution in [0.5, 0.6) is 11.5 Å². The second-order valence-corrected chi connectivity index (χ2v) is 10.7. The third-order valence-corrected chi connectivity index (χ3v) is 7.76. The molecular formula is C34H53N3O5. The van der Waals surface area contributed by atoms with Crippen LogP contribution in [0, 0.1) is 0 Å². The number of para-hydroxylation sites is 1. The van der Waals surface area contributed by atoms with Crippen molar-refractivity contribution in [2.75, 3.05) is 46.4 Å². The number of carbonyl (C=O) groups excluding carboxylic acids is 1. The highest BCUT2D eigenvalue weighted by atomic mass is 16.5. The molecule has 0 bridgehead atoms. The number of nitrogens with two attached hydrogens (primary N) is 1. The number of hydrogen-bond acceptors (Lipinski definition) is 6. The van der Waals surface area contributed by atoms with Crippen LogP contribution in [0.15, 0.2) is 42.5 Å². The Labute approximate surface area is 253 Å². The lowest BCUT2D eigenvalue weighted by molar-refractivity contribution is -0.134. The SMILES string of the molecule is CC.CC(=O)O.CCCCN(CCN)C(=O)CN1CC(c2ccc3c(c2)CCO3)CC1CCCc1ccccc1OC.